The molecule has 1 rings (SSSR count). The Balaban J connectivity index is 1.73. The molecular weight excluding hydrogens is 146 g/mol. The fraction of sp³-hybridized carbons (Fsp3) is 0.818. The highest BCUT2D eigenvalue weighted by Crippen LogP contribution is 2.17. The van der Waals surface area contributed by atoms with Crippen LogP contribution in [0.4, 0.5) is 0 Å². The van der Waals surface area contributed by atoms with Crippen molar-refractivity contribution in [2.75, 3.05) is 6.54 Å². The van der Waals surface area contributed by atoms with Crippen molar-refractivity contribution in [3.63, 3.8) is 0 Å². The van der Waals surface area contributed by atoms with Crippen molar-refractivity contribution in [2.45, 2.75) is 51.0 Å². The summed E-state index contributed by atoms with van der Waals surface area (Å²) in [6.45, 7) is 4.94. The molecule has 1 heteroatoms. The van der Waals surface area contributed by atoms with Crippen LogP contribution in [-0.2, 0) is 0 Å². The minimum Gasteiger partial charge on any atom is -0.314 e. The van der Waals surface area contributed by atoms with Crippen LogP contribution in [0.1, 0.15) is 44.9 Å². The third-order valence-electron chi connectivity index (χ3n) is 2.62. The Hall–Kier alpha value is -0.300. The van der Waals surface area contributed by atoms with Gasteiger partial charge in [0, 0.05) is 6.04 Å². The molecule has 0 saturated heterocycles. The van der Waals surface area contributed by atoms with E-state index in [-0.39, 0.29) is 0 Å². The van der Waals surface area contributed by atoms with Crippen molar-refractivity contribution < 1.29 is 0 Å². The van der Waals surface area contributed by atoms with Crippen LogP contribution in [0.2, 0.25) is 0 Å². The van der Waals surface area contributed by atoms with E-state index in [1.165, 1.54) is 51.5 Å². The Labute approximate surface area is 76.2 Å². The first-order valence-corrected chi connectivity index (χ1v) is 5.28. The van der Waals surface area contributed by atoms with Crippen LogP contribution in [-0.4, -0.2) is 12.6 Å². The third-order valence-corrected chi connectivity index (χ3v) is 2.62. The molecule has 0 aromatic heterocycles. The third kappa shape index (κ3) is 3.91. The SMILES string of the molecule is C=CCCCCCNC1CCC1. The Kier molecular flexibility index (Phi) is 5.09. The fourth-order valence-corrected chi connectivity index (χ4v) is 1.51. The molecule has 1 saturated carbocycles. The number of allylic oxidation sites excluding steroid dienone is 1. The van der Waals surface area contributed by atoms with Gasteiger partial charge in [0.1, 0.15) is 0 Å². The number of nitrogens with one attached hydrogen (secondary N) is 1. The molecule has 1 aliphatic rings. The molecule has 0 amide bonds. The van der Waals surface area contributed by atoms with Gasteiger partial charge in [-0.1, -0.05) is 18.9 Å². The van der Waals surface area contributed by atoms with Crippen LogP contribution < -0.4 is 5.32 Å². The molecule has 0 spiro atoms. The Morgan fingerprint density at radius 3 is 2.67 bits per heavy atom. The van der Waals surface area contributed by atoms with E-state index in [0.29, 0.717) is 0 Å². The maximum atomic E-state index is 3.71. The molecule has 0 aromatic rings. The molecule has 0 radical (unpaired) electrons. The summed E-state index contributed by atoms with van der Waals surface area (Å²) < 4.78 is 0. The standard InChI is InChI=1S/C11H21N/c1-2-3-4-5-6-10-12-11-8-7-9-11/h2,11-12H,1,3-10H2. The average Bonchev–Trinajstić information content (AvgIpc) is 2.00. The molecule has 0 unspecified atom stereocenters. The molecule has 0 aliphatic heterocycles. The van der Waals surface area contributed by atoms with Gasteiger partial charge in [0.2, 0.25) is 0 Å². The highest BCUT2D eigenvalue weighted by molar-refractivity contribution is 4.75. The Bertz CT molecular complexity index is 116. The minimum absolute atomic E-state index is 0.865. The van der Waals surface area contributed by atoms with Crippen molar-refractivity contribution in [3.8, 4) is 0 Å². The summed E-state index contributed by atoms with van der Waals surface area (Å²) >= 11 is 0. The highest BCUT2D eigenvalue weighted by Gasteiger charge is 2.15. The summed E-state index contributed by atoms with van der Waals surface area (Å²) in [6.07, 6.45) is 11.5. The van der Waals surface area contributed by atoms with Crippen molar-refractivity contribution in [1.29, 1.82) is 0 Å². The van der Waals surface area contributed by atoms with Crippen LogP contribution in [0, 0.1) is 0 Å². The van der Waals surface area contributed by atoms with E-state index in [4.69, 9.17) is 0 Å². The van der Waals surface area contributed by atoms with Gasteiger partial charge in [-0.3, -0.25) is 0 Å². The monoisotopic (exact) mass is 167 g/mol. The van der Waals surface area contributed by atoms with Crippen molar-refractivity contribution in [2.24, 2.45) is 0 Å². The van der Waals surface area contributed by atoms with E-state index in [0.717, 1.165) is 6.04 Å². The molecule has 0 aromatic carbocycles. The van der Waals surface area contributed by atoms with Gasteiger partial charge in [-0.2, -0.15) is 0 Å². The summed E-state index contributed by atoms with van der Waals surface area (Å²) in [5.41, 5.74) is 0. The predicted octanol–water partition coefficient (Wildman–Crippen LogP) is 2.87. The lowest BCUT2D eigenvalue weighted by Crippen LogP contribution is -2.35. The number of hydrogen-bond acceptors (Lipinski definition) is 1. The first kappa shape index (κ1) is 9.79. The molecule has 0 bridgehead atoms. The molecule has 1 N–H and O–H groups in total. The first-order chi connectivity index (χ1) is 5.93. The molecule has 1 aliphatic carbocycles. The number of hydrogen-bond donors (Lipinski definition) is 1. The maximum Gasteiger partial charge on any atom is 0.00670 e. The van der Waals surface area contributed by atoms with Crippen molar-refractivity contribution >= 4 is 0 Å². The summed E-state index contributed by atoms with van der Waals surface area (Å²) in [5.74, 6) is 0. The molecule has 12 heavy (non-hydrogen) atoms. The van der Waals surface area contributed by atoms with E-state index in [9.17, 15) is 0 Å². The van der Waals surface area contributed by atoms with E-state index in [1.807, 2.05) is 6.08 Å². The quantitative estimate of drug-likeness (QED) is 0.454. The lowest BCUT2D eigenvalue weighted by molar-refractivity contribution is 0.337. The van der Waals surface area contributed by atoms with Crippen LogP contribution in [0.5, 0.6) is 0 Å². The molecule has 1 fully saturated rings. The molecule has 0 atom stereocenters. The summed E-state index contributed by atoms with van der Waals surface area (Å²) in [4.78, 5) is 0. The van der Waals surface area contributed by atoms with Gasteiger partial charge in [0.25, 0.3) is 0 Å². The average molecular weight is 167 g/mol. The summed E-state index contributed by atoms with van der Waals surface area (Å²) in [5, 5.41) is 3.57. The maximum absolute atomic E-state index is 3.71. The van der Waals surface area contributed by atoms with Crippen LogP contribution in [0.3, 0.4) is 0 Å². The zero-order valence-electron chi connectivity index (χ0n) is 8.02. The molecular formula is C11H21N. The lowest BCUT2D eigenvalue weighted by Gasteiger charge is -2.26. The Morgan fingerprint density at radius 2 is 2.08 bits per heavy atom. The van der Waals surface area contributed by atoms with E-state index in [2.05, 4.69) is 11.9 Å². The largest absolute Gasteiger partial charge is 0.314 e. The van der Waals surface area contributed by atoms with Gasteiger partial charge < -0.3 is 5.32 Å². The molecule has 1 nitrogen and oxygen atoms in total. The number of unbranched alkanes of at least 4 members (excludes halogenated alkanes) is 3. The lowest BCUT2D eigenvalue weighted by atomic mass is 9.93. The van der Waals surface area contributed by atoms with Crippen LogP contribution >= 0.6 is 0 Å². The van der Waals surface area contributed by atoms with Gasteiger partial charge in [-0.25, -0.2) is 0 Å². The van der Waals surface area contributed by atoms with Gasteiger partial charge >= 0.3 is 0 Å². The smallest absolute Gasteiger partial charge is 0.00670 e. The van der Waals surface area contributed by atoms with Gasteiger partial charge in [-0.15, -0.1) is 6.58 Å². The van der Waals surface area contributed by atoms with Crippen molar-refractivity contribution in [1.82, 2.24) is 5.32 Å². The van der Waals surface area contributed by atoms with Gasteiger partial charge in [0.15, 0.2) is 0 Å². The second-order valence-electron chi connectivity index (χ2n) is 3.72. The molecule has 70 valence electrons. The second kappa shape index (κ2) is 6.24. The number of rotatable bonds is 7. The van der Waals surface area contributed by atoms with Crippen LogP contribution in [0.15, 0.2) is 12.7 Å². The Morgan fingerprint density at radius 1 is 1.25 bits per heavy atom. The highest BCUT2D eigenvalue weighted by atomic mass is 14.9. The van der Waals surface area contributed by atoms with E-state index in [1.54, 1.807) is 0 Å². The van der Waals surface area contributed by atoms with Crippen LogP contribution in [0.25, 0.3) is 0 Å². The zero-order chi connectivity index (χ0) is 8.65. The fourth-order valence-electron chi connectivity index (χ4n) is 1.51. The van der Waals surface area contributed by atoms with Crippen molar-refractivity contribution in [3.05, 3.63) is 12.7 Å². The normalized spacial score (nSPS) is 17.3. The van der Waals surface area contributed by atoms with Gasteiger partial charge in [0.05, 0.1) is 0 Å². The minimum atomic E-state index is 0.865. The van der Waals surface area contributed by atoms with Gasteiger partial charge in [-0.05, 0) is 38.6 Å². The predicted molar refractivity (Wildman–Crippen MR) is 54.3 cm³/mol. The molecule has 0 heterocycles. The first-order valence-electron chi connectivity index (χ1n) is 5.28. The summed E-state index contributed by atoms with van der Waals surface area (Å²) in [7, 11) is 0. The summed E-state index contributed by atoms with van der Waals surface area (Å²) in [6, 6.07) is 0.865. The van der Waals surface area contributed by atoms with E-state index < -0.39 is 0 Å². The second-order valence-corrected chi connectivity index (χ2v) is 3.72. The van der Waals surface area contributed by atoms with E-state index >= 15 is 0 Å². The zero-order valence-corrected chi connectivity index (χ0v) is 8.02. The topological polar surface area (TPSA) is 12.0 Å².